The monoisotopic (exact) mass is 448 g/mol. The Hall–Kier alpha value is -3.18. The molecule has 2 saturated heterocycles. The first-order chi connectivity index (χ1) is 15.4. The van der Waals surface area contributed by atoms with Crippen molar-refractivity contribution < 1.29 is 33.4 Å². The van der Waals surface area contributed by atoms with Crippen LogP contribution in [0, 0.1) is 0 Å². The summed E-state index contributed by atoms with van der Waals surface area (Å²) in [4.78, 5) is 54.4. The highest BCUT2D eigenvalue weighted by Crippen LogP contribution is 2.18. The van der Waals surface area contributed by atoms with Crippen molar-refractivity contribution in [1.29, 1.82) is 0 Å². The maximum Gasteiger partial charge on any atom is 0.337 e. The molecule has 0 unspecified atom stereocenters. The van der Waals surface area contributed by atoms with Crippen molar-refractivity contribution >= 4 is 29.6 Å². The van der Waals surface area contributed by atoms with Crippen LogP contribution in [0.3, 0.4) is 0 Å². The number of benzene rings is 1. The SMILES string of the molecule is COC(=O)c1cc(NC(=O)N2CCN(CC(=O)N3CCOCC3)CC2)cc(C(=O)OC)c1. The van der Waals surface area contributed by atoms with Crippen LogP contribution in [0.2, 0.25) is 0 Å². The molecule has 11 heteroatoms. The minimum absolute atomic E-state index is 0.0705. The molecule has 174 valence electrons. The Morgan fingerprint density at radius 3 is 1.94 bits per heavy atom. The highest BCUT2D eigenvalue weighted by atomic mass is 16.5. The molecule has 2 aliphatic rings. The number of hydrogen-bond acceptors (Lipinski definition) is 8. The van der Waals surface area contributed by atoms with Crippen molar-refractivity contribution in [2.45, 2.75) is 0 Å². The summed E-state index contributed by atoms with van der Waals surface area (Å²) in [7, 11) is 2.46. The Labute approximate surface area is 186 Å². The van der Waals surface area contributed by atoms with Gasteiger partial charge in [0.25, 0.3) is 0 Å². The zero-order chi connectivity index (χ0) is 23.1. The second-order valence-corrected chi connectivity index (χ2v) is 7.47. The van der Waals surface area contributed by atoms with E-state index in [0.717, 1.165) is 0 Å². The molecule has 0 atom stereocenters. The van der Waals surface area contributed by atoms with Crippen LogP contribution in [0.1, 0.15) is 20.7 Å². The molecule has 1 N–H and O–H groups in total. The lowest BCUT2D eigenvalue weighted by atomic mass is 10.1. The number of rotatable bonds is 5. The van der Waals surface area contributed by atoms with Crippen LogP contribution in [-0.4, -0.2) is 112 Å². The number of hydrogen-bond donors (Lipinski definition) is 1. The number of carbonyl (C=O) groups excluding carboxylic acids is 4. The lowest BCUT2D eigenvalue weighted by Crippen LogP contribution is -2.53. The number of esters is 2. The minimum atomic E-state index is -0.634. The summed E-state index contributed by atoms with van der Waals surface area (Å²) in [5, 5.41) is 2.72. The highest BCUT2D eigenvalue weighted by molar-refractivity contribution is 5.99. The highest BCUT2D eigenvalue weighted by Gasteiger charge is 2.25. The molecule has 0 spiro atoms. The van der Waals surface area contributed by atoms with Crippen molar-refractivity contribution in [3.05, 3.63) is 29.3 Å². The van der Waals surface area contributed by atoms with E-state index in [4.69, 9.17) is 14.2 Å². The van der Waals surface area contributed by atoms with Gasteiger partial charge in [-0.25, -0.2) is 14.4 Å². The predicted octanol–water partition coefficient (Wildman–Crippen LogP) is 0.268. The third-order valence-corrected chi connectivity index (χ3v) is 5.41. The van der Waals surface area contributed by atoms with Crippen molar-refractivity contribution in [2.24, 2.45) is 0 Å². The first kappa shape index (κ1) is 23.5. The normalized spacial score (nSPS) is 16.9. The van der Waals surface area contributed by atoms with Crippen molar-refractivity contribution in [1.82, 2.24) is 14.7 Å². The summed E-state index contributed by atoms with van der Waals surface area (Å²) in [5.74, 6) is -1.20. The molecule has 0 aliphatic carbocycles. The van der Waals surface area contributed by atoms with Gasteiger partial charge in [0.1, 0.15) is 0 Å². The Bertz CT molecular complexity index is 827. The maximum atomic E-state index is 12.7. The van der Waals surface area contributed by atoms with Gasteiger partial charge in [-0.05, 0) is 18.2 Å². The van der Waals surface area contributed by atoms with Crippen LogP contribution in [0.5, 0.6) is 0 Å². The van der Waals surface area contributed by atoms with E-state index in [0.29, 0.717) is 59.0 Å². The second-order valence-electron chi connectivity index (χ2n) is 7.47. The van der Waals surface area contributed by atoms with Crippen LogP contribution in [0.25, 0.3) is 0 Å². The number of nitrogens with one attached hydrogen (secondary N) is 1. The molecule has 11 nitrogen and oxygen atoms in total. The van der Waals surface area contributed by atoms with E-state index in [9.17, 15) is 19.2 Å². The molecule has 0 radical (unpaired) electrons. The number of methoxy groups -OCH3 is 2. The summed E-state index contributed by atoms with van der Waals surface area (Å²) in [6, 6.07) is 3.86. The molecular weight excluding hydrogens is 420 g/mol. The van der Waals surface area contributed by atoms with Crippen LogP contribution >= 0.6 is 0 Å². The summed E-state index contributed by atoms with van der Waals surface area (Å²) in [6.07, 6.45) is 0. The molecule has 2 aliphatic heterocycles. The van der Waals surface area contributed by atoms with Crippen LogP contribution < -0.4 is 5.32 Å². The van der Waals surface area contributed by atoms with Crippen LogP contribution in [0.15, 0.2) is 18.2 Å². The average Bonchev–Trinajstić information content (AvgIpc) is 2.83. The molecule has 2 heterocycles. The lowest BCUT2D eigenvalue weighted by molar-refractivity contribution is -0.136. The first-order valence-electron chi connectivity index (χ1n) is 10.4. The Balaban J connectivity index is 1.56. The number of morpholine rings is 1. The van der Waals surface area contributed by atoms with Gasteiger partial charge in [-0.1, -0.05) is 0 Å². The molecule has 32 heavy (non-hydrogen) atoms. The fraction of sp³-hybridized carbons (Fsp3) is 0.524. The number of nitrogens with zero attached hydrogens (tertiary/aromatic N) is 3. The van der Waals surface area contributed by atoms with E-state index >= 15 is 0 Å². The van der Waals surface area contributed by atoms with Crippen LogP contribution in [-0.2, 0) is 19.0 Å². The maximum absolute atomic E-state index is 12.7. The molecule has 3 rings (SSSR count). The van der Waals surface area contributed by atoms with Gasteiger partial charge in [0, 0.05) is 45.0 Å². The van der Waals surface area contributed by atoms with Gasteiger partial charge in [0.05, 0.1) is 45.1 Å². The number of anilines is 1. The van der Waals surface area contributed by atoms with Crippen molar-refractivity contribution in [3.8, 4) is 0 Å². The summed E-state index contributed by atoms with van der Waals surface area (Å²) < 4.78 is 14.7. The Morgan fingerprint density at radius 1 is 0.844 bits per heavy atom. The topological polar surface area (TPSA) is 118 Å². The quantitative estimate of drug-likeness (QED) is 0.638. The Kier molecular flexibility index (Phi) is 8.01. The summed E-state index contributed by atoms with van der Waals surface area (Å²) >= 11 is 0. The molecule has 0 bridgehead atoms. The zero-order valence-electron chi connectivity index (χ0n) is 18.3. The fourth-order valence-electron chi connectivity index (χ4n) is 3.59. The van der Waals surface area contributed by atoms with E-state index in [-0.39, 0.29) is 28.8 Å². The van der Waals surface area contributed by atoms with E-state index < -0.39 is 11.9 Å². The molecular formula is C21H28N4O7. The smallest absolute Gasteiger partial charge is 0.337 e. The van der Waals surface area contributed by atoms with Gasteiger partial charge >= 0.3 is 18.0 Å². The summed E-state index contributed by atoms with van der Waals surface area (Å²) in [6.45, 7) is 4.70. The van der Waals surface area contributed by atoms with Crippen LogP contribution in [0.4, 0.5) is 10.5 Å². The van der Waals surface area contributed by atoms with E-state index in [1.807, 2.05) is 4.90 Å². The first-order valence-corrected chi connectivity index (χ1v) is 10.4. The van der Waals surface area contributed by atoms with Crippen molar-refractivity contribution in [3.63, 3.8) is 0 Å². The molecule has 0 aromatic heterocycles. The van der Waals surface area contributed by atoms with E-state index in [1.165, 1.54) is 32.4 Å². The molecule has 1 aromatic rings. The van der Waals surface area contributed by atoms with E-state index in [1.54, 1.807) is 9.80 Å². The summed E-state index contributed by atoms with van der Waals surface area (Å²) in [5.41, 5.74) is 0.525. The number of piperazine rings is 1. The number of urea groups is 1. The third-order valence-electron chi connectivity index (χ3n) is 5.41. The largest absolute Gasteiger partial charge is 0.465 e. The fourth-order valence-corrected chi connectivity index (χ4v) is 3.59. The second kappa shape index (κ2) is 10.9. The van der Waals surface area contributed by atoms with Crippen molar-refractivity contribution in [2.75, 3.05) is 78.6 Å². The molecule has 3 amide bonds. The van der Waals surface area contributed by atoms with Gasteiger partial charge in [-0.3, -0.25) is 9.69 Å². The Morgan fingerprint density at radius 2 is 1.41 bits per heavy atom. The molecule has 2 fully saturated rings. The van der Waals surface area contributed by atoms with Gasteiger partial charge < -0.3 is 29.3 Å². The standard InChI is InChI=1S/C21H28N4O7/c1-30-19(27)15-11-16(20(28)31-2)13-17(12-15)22-21(29)25-5-3-23(4-6-25)14-18(26)24-7-9-32-10-8-24/h11-13H,3-10,14H2,1-2H3,(H,22,29). The lowest BCUT2D eigenvalue weighted by Gasteiger charge is -2.36. The molecule has 0 saturated carbocycles. The molecule has 1 aromatic carbocycles. The van der Waals surface area contributed by atoms with Gasteiger partial charge in [0.2, 0.25) is 5.91 Å². The van der Waals surface area contributed by atoms with Gasteiger partial charge in [-0.2, -0.15) is 0 Å². The number of amides is 3. The number of carbonyl (C=O) groups is 4. The average molecular weight is 448 g/mol. The third kappa shape index (κ3) is 5.95. The van der Waals surface area contributed by atoms with Gasteiger partial charge in [-0.15, -0.1) is 0 Å². The minimum Gasteiger partial charge on any atom is -0.465 e. The number of ether oxygens (including phenoxy) is 3. The van der Waals surface area contributed by atoms with E-state index in [2.05, 4.69) is 5.32 Å². The zero-order valence-corrected chi connectivity index (χ0v) is 18.3. The van der Waals surface area contributed by atoms with Gasteiger partial charge in [0.15, 0.2) is 0 Å². The predicted molar refractivity (Wildman–Crippen MR) is 114 cm³/mol.